The zero-order valence-electron chi connectivity index (χ0n) is 11.4. The molecule has 0 aliphatic heterocycles. The molecule has 18 heavy (non-hydrogen) atoms. The first-order valence-electron chi connectivity index (χ1n) is 7.24. The van der Waals surface area contributed by atoms with Crippen LogP contribution in [0.25, 0.3) is 0 Å². The summed E-state index contributed by atoms with van der Waals surface area (Å²) in [6.45, 7) is 3.77. The SMILES string of the molecule is CC1CCC(CN)(OCC(=O)NCC2CC2)CC1. The van der Waals surface area contributed by atoms with Gasteiger partial charge in [0, 0.05) is 13.1 Å². The normalized spacial score (nSPS) is 32.2. The Morgan fingerprint density at radius 2 is 2.00 bits per heavy atom. The second-order valence-electron chi connectivity index (χ2n) is 6.11. The Morgan fingerprint density at radius 3 is 2.56 bits per heavy atom. The van der Waals surface area contributed by atoms with Crippen LogP contribution in [0.2, 0.25) is 0 Å². The van der Waals surface area contributed by atoms with Crippen molar-refractivity contribution in [3.63, 3.8) is 0 Å². The van der Waals surface area contributed by atoms with Crippen LogP contribution in [0.3, 0.4) is 0 Å². The highest BCUT2D eigenvalue weighted by atomic mass is 16.5. The number of hydrogen-bond acceptors (Lipinski definition) is 3. The van der Waals surface area contributed by atoms with E-state index in [0.717, 1.165) is 38.1 Å². The molecular formula is C14H26N2O2. The number of ether oxygens (including phenoxy) is 1. The highest BCUT2D eigenvalue weighted by molar-refractivity contribution is 5.77. The highest BCUT2D eigenvalue weighted by Gasteiger charge is 2.34. The van der Waals surface area contributed by atoms with Crippen LogP contribution in [0.4, 0.5) is 0 Å². The molecule has 0 aromatic rings. The monoisotopic (exact) mass is 254 g/mol. The summed E-state index contributed by atoms with van der Waals surface area (Å²) in [6, 6.07) is 0. The number of carbonyl (C=O) groups excluding carboxylic acids is 1. The summed E-state index contributed by atoms with van der Waals surface area (Å²) in [4.78, 5) is 11.7. The van der Waals surface area contributed by atoms with Gasteiger partial charge in [-0.05, 0) is 50.4 Å². The van der Waals surface area contributed by atoms with Gasteiger partial charge < -0.3 is 15.8 Å². The molecular weight excluding hydrogens is 228 g/mol. The second-order valence-corrected chi connectivity index (χ2v) is 6.11. The first-order chi connectivity index (χ1) is 8.63. The standard InChI is InChI=1S/C14H26N2O2/c1-11-4-6-14(10-15,7-5-11)18-9-13(17)16-8-12-2-3-12/h11-12H,2-10,15H2,1H3,(H,16,17). The third kappa shape index (κ3) is 3.95. The summed E-state index contributed by atoms with van der Waals surface area (Å²) in [7, 11) is 0. The summed E-state index contributed by atoms with van der Waals surface area (Å²) < 4.78 is 5.85. The van der Waals surface area contributed by atoms with Gasteiger partial charge in [0.05, 0.1) is 5.60 Å². The van der Waals surface area contributed by atoms with E-state index in [1.807, 2.05) is 0 Å². The summed E-state index contributed by atoms with van der Waals surface area (Å²) >= 11 is 0. The third-order valence-electron chi connectivity index (χ3n) is 4.35. The van der Waals surface area contributed by atoms with Crippen molar-refractivity contribution in [3.05, 3.63) is 0 Å². The topological polar surface area (TPSA) is 64.3 Å². The number of carbonyl (C=O) groups is 1. The maximum atomic E-state index is 11.7. The molecule has 104 valence electrons. The second kappa shape index (κ2) is 6.02. The van der Waals surface area contributed by atoms with Gasteiger partial charge in [-0.25, -0.2) is 0 Å². The van der Waals surface area contributed by atoms with Gasteiger partial charge in [-0.15, -0.1) is 0 Å². The minimum atomic E-state index is -0.247. The Morgan fingerprint density at radius 1 is 1.33 bits per heavy atom. The zero-order valence-corrected chi connectivity index (χ0v) is 11.4. The van der Waals surface area contributed by atoms with Crippen LogP contribution in [0.1, 0.15) is 45.4 Å². The van der Waals surface area contributed by atoms with Crippen molar-refractivity contribution in [1.82, 2.24) is 5.32 Å². The Labute approximate surface area is 110 Å². The van der Waals surface area contributed by atoms with E-state index < -0.39 is 0 Å². The number of nitrogens with one attached hydrogen (secondary N) is 1. The molecule has 0 spiro atoms. The molecule has 2 aliphatic rings. The molecule has 0 aromatic carbocycles. The fourth-order valence-electron chi connectivity index (χ4n) is 2.55. The van der Waals surface area contributed by atoms with Crippen LogP contribution in [0.15, 0.2) is 0 Å². The van der Waals surface area contributed by atoms with Crippen LogP contribution in [0.5, 0.6) is 0 Å². The first-order valence-corrected chi connectivity index (χ1v) is 7.24. The van der Waals surface area contributed by atoms with Gasteiger partial charge in [0.15, 0.2) is 0 Å². The van der Waals surface area contributed by atoms with Gasteiger partial charge in [0.1, 0.15) is 6.61 Å². The average molecular weight is 254 g/mol. The summed E-state index contributed by atoms with van der Waals surface area (Å²) in [5, 5.41) is 2.93. The summed E-state index contributed by atoms with van der Waals surface area (Å²) in [6.07, 6.45) is 6.79. The minimum absolute atomic E-state index is 0.00773. The van der Waals surface area contributed by atoms with E-state index in [4.69, 9.17) is 10.5 Å². The van der Waals surface area contributed by atoms with E-state index in [9.17, 15) is 4.79 Å². The van der Waals surface area contributed by atoms with Crippen LogP contribution < -0.4 is 11.1 Å². The predicted molar refractivity (Wildman–Crippen MR) is 71.1 cm³/mol. The van der Waals surface area contributed by atoms with E-state index in [-0.39, 0.29) is 18.1 Å². The molecule has 0 bridgehead atoms. The Bertz CT molecular complexity index is 282. The summed E-state index contributed by atoms with van der Waals surface area (Å²) in [5.74, 6) is 1.48. The van der Waals surface area contributed by atoms with Gasteiger partial charge in [-0.2, -0.15) is 0 Å². The molecule has 3 N–H and O–H groups in total. The maximum absolute atomic E-state index is 11.7. The molecule has 2 aliphatic carbocycles. The number of nitrogens with two attached hydrogens (primary N) is 1. The van der Waals surface area contributed by atoms with Gasteiger partial charge >= 0.3 is 0 Å². The summed E-state index contributed by atoms with van der Waals surface area (Å²) in [5.41, 5.74) is 5.60. The lowest BCUT2D eigenvalue weighted by molar-refractivity contribution is -0.136. The molecule has 0 radical (unpaired) electrons. The van der Waals surface area contributed by atoms with Crippen LogP contribution in [-0.4, -0.2) is 31.2 Å². The lowest BCUT2D eigenvalue weighted by atomic mass is 9.79. The Balaban J connectivity index is 1.70. The Hall–Kier alpha value is -0.610. The lowest BCUT2D eigenvalue weighted by Crippen LogP contribution is -2.46. The van der Waals surface area contributed by atoms with Crippen molar-refractivity contribution in [2.45, 2.75) is 51.0 Å². The quantitative estimate of drug-likeness (QED) is 0.754. The van der Waals surface area contributed by atoms with E-state index >= 15 is 0 Å². The molecule has 0 heterocycles. The van der Waals surface area contributed by atoms with Gasteiger partial charge in [0.25, 0.3) is 0 Å². The molecule has 0 aromatic heterocycles. The van der Waals surface area contributed by atoms with Crippen molar-refractivity contribution in [3.8, 4) is 0 Å². The van der Waals surface area contributed by atoms with Crippen LogP contribution in [-0.2, 0) is 9.53 Å². The molecule has 2 rings (SSSR count). The first kappa shape index (κ1) is 13.8. The average Bonchev–Trinajstić information content (AvgIpc) is 3.20. The van der Waals surface area contributed by atoms with Crippen LogP contribution >= 0.6 is 0 Å². The van der Waals surface area contributed by atoms with E-state index in [1.165, 1.54) is 12.8 Å². The van der Waals surface area contributed by atoms with Gasteiger partial charge in [0.2, 0.25) is 5.91 Å². The van der Waals surface area contributed by atoms with E-state index in [0.29, 0.717) is 12.5 Å². The van der Waals surface area contributed by atoms with Crippen molar-refractivity contribution >= 4 is 5.91 Å². The molecule has 4 heteroatoms. The third-order valence-corrected chi connectivity index (χ3v) is 4.35. The van der Waals surface area contributed by atoms with Crippen molar-refractivity contribution < 1.29 is 9.53 Å². The minimum Gasteiger partial charge on any atom is -0.364 e. The predicted octanol–water partition coefficient (Wildman–Crippen LogP) is 1.44. The molecule has 2 saturated carbocycles. The molecule has 1 amide bonds. The zero-order chi connectivity index (χ0) is 13.0. The smallest absolute Gasteiger partial charge is 0.246 e. The maximum Gasteiger partial charge on any atom is 0.246 e. The van der Waals surface area contributed by atoms with Gasteiger partial charge in [-0.1, -0.05) is 6.92 Å². The fraction of sp³-hybridized carbons (Fsp3) is 0.929. The van der Waals surface area contributed by atoms with Crippen molar-refractivity contribution in [2.75, 3.05) is 19.7 Å². The molecule has 0 unspecified atom stereocenters. The lowest BCUT2D eigenvalue weighted by Gasteiger charge is -2.38. The highest BCUT2D eigenvalue weighted by Crippen LogP contribution is 2.34. The molecule has 0 saturated heterocycles. The van der Waals surface area contributed by atoms with E-state index in [2.05, 4.69) is 12.2 Å². The number of amides is 1. The Kier molecular flexibility index (Phi) is 4.62. The fourth-order valence-corrected chi connectivity index (χ4v) is 2.55. The molecule has 2 fully saturated rings. The van der Waals surface area contributed by atoms with Crippen molar-refractivity contribution in [2.24, 2.45) is 17.6 Å². The number of rotatable bonds is 6. The molecule has 0 atom stereocenters. The number of hydrogen-bond donors (Lipinski definition) is 2. The van der Waals surface area contributed by atoms with Crippen molar-refractivity contribution in [1.29, 1.82) is 0 Å². The molecule has 4 nitrogen and oxygen atoms in total. The largest absolute Gasteiger partial charge is 0.364 e. The van der Waals surface area contributed by atoms with Gasteiger partial charge in [-0.3, -0.25) is 4.79 Å². The van der Waals surface area contributed by atoms with Crippen LogP contribution in [0, 0.1) is 11.8 Å². The van der Waals surface area contributed by atoms with E-state index in [1.54, 1.807) is 0 Å².